The molecule has 0 amide bonds. The van der Waals surface area contributed by atoms with Crippen molar-refractivity contribution in [3.8, 4) is 5.82 Å². The van der Waals surface area contributed by atoms with Gasteiger partial charge in [0, 0.05) is 32.5 Å². The molecule has 0 radical (unpaired) electrons. The number of nitrogens with one attached hydrogen (secondary N) is 1. The molecule has 1 saturated heterocycles. The van der Waals surface area contributed by atoms with Crippen LogP contribution in [0.1, 0.15) is 12.8 Å². The molecule has 2 aromatic rings. The average Bonchev–Trinajstić information content (AvgIpc) is 2.96. The van der Waals surface area contributed by atoms with E-state index in [0.717, 1.165) is 26.1 Å². The second kappa shape index (κ2) is 6.50. The molecule has 8 heteroatoms. The molecule has 0 bridgehead atoms. The highest BCUT2D eigenvalue weighted by Crippen LogP contribution is 2.19. The van der Waals surface area contributed by atoms with Gasteiger partial charge in [-0.2, -0.15) is 14.9 Å². The van der Waals surface area contributed by atoms with Gasteiger partial charge in [0.15, 0.2) is 5.82 Å². The SMILES string of the molecule is Cn1ccc(-n2ncc(NCC3CCCOC3)c(Cl)c2=O)n1. The van der Waals surface area contributed by atoms with Gasteiger partial charge < -0.3 is 10.1 Å². The molecule has 22 heavy (non-hydrogen) atoms. The Morgan fingerprint density at radius 1 is 1.55 bits per heavy atom. The highest BCUT2D eigenvalue weighted by atomic mass is 35.5. The van der Waals surface area contributed by atoms with Crippen LogP contribution in [-0.4, -0.2) is 39.3 Å². The van der Waals surface area contributed by atoms with Crippen LogP contribution in [0.4, 0.5) is 5.69 Å². The van der Waals surface area contributed by atoms with Crippen LogP contribution in [0.2, 0.25) is 5.02 Å². The molecule has 1 atom stereocenters. The Morgan fingerprint density at radius 2 is 2.41 bits per heavy atom. The topological polar surface area (TPSA) is 74.0 Å². The summed E-state index contributed by atoms with van der Waals surface area (Å²) in [4.78, 5) is 12.3. The minimum atomic E-state index is -0.384. The third-order valence-corrected chi connectivity index (χ3v) is 4.04. The molecule has 1 unspecified atom stereocenters. The summed E-state index contributed by atoms with van der Waals surface area (Å²) in [6.07, 6.45) is 5.48. The van der Waals surface area contributed by atoms with Gasteiger partial charge in [-0.25, -0.2) is 0 Å². The van der Waals surface area contributed by atoms with E-state index in [1.54, 1.807) is 30.2 Å². The summed E-state index contributed by atoms with van der Waals surface area (Å²) in [6, 6.07) is 1.71. The van der Waals surface area contributed by atoms with Crippen molar-refractivity contribution in [2.24, 2.45) is 13.0 Å². The summed E-state index contributed by atoms with van der Waals surface area (Å²) in [5.41, 5.74) is 0.162. The molecule has 3 heterocycles. The second-order valence-electron chi connectivity index (χ2n) is 5.40. The molecule has 0 spiro atoms. The van der Waals surface area contributed by atoms with Gasteiger partial charge in [0.05, 0.1) is 18.5 Å². The third kappa shape index (κ3) is 3.15. The summed E-state index contributed by atoms with van der Waals surface area (Å²) in [5.74, 6) is 0.879. The standard InChI is InChI=1S/C14H18ClN5O2/c1-19-5-4-12(18-19)20-14(21)13(15)11(8-17-20)16-7-10-3-2-6-22-9-10/h4-5,8,10,16H,2-3,6-7,9H2,1H3. The molecular weight excluding hydrogens is 306 g/mol. The van der Waals surface area contributed by atoms with E-state index >= 15 is 0 Å². The Hall–Kier alpha value is -1.86. The lowest BCUT2D eigenvalue weighted by Gasteiger charge is -2.22. The van der Waals surface area contributed by atoms with E-state index in [2.05, 4.69) is 15.5 Å². The molecule has 1 N–H and O–H groups in total. The zero-order valence-corrected chi connectivity index (χ0v) is 13.1. The molecule has 0 aliphatic carbocycles. The number of nitrogens with zero attached hydrogens (tertiary/aromatic N) is 4. The molecule has 118 valence electrons. The number of ether oxygens (including phenoxy) is 1. The molecule has 0 saturated carbocycles. The first kappa shape index (κ1) is 15.1. The van der Waals surface area contributed by atoms with Gasteiger partial charge >= 0.3 is 0 Å². The first-order valence-electron chi connectivity index (χ1n) is 7.24. The van der Waals surface area contributed by atoms with E-state index in [1.807, 2.05) is 0 Å². The van der Waals surface area contributed by atoms with E-state index in [0.29, 0.717) is 24.0 Å². The number of rotatable bonds is 4. The molecule has 2 aromatic heterocycles. The van der Waals surface area contributed by atoms with Gasteiger partial charge in [-0.05, 0) is 18.8 Å². The molecule has 1 aliphatic heterocycles. The van der Waals surface area contributed by atoms with Crippen LogP contribution >= 0.6 is 11.6 Å². The van der Waals surface area contributed by atoms with Crippen molar-refractivity contribution in [1.29, 1.82) is 0 Å². The Bertz CT molecular complexity index is 705. The zero-order valence-electron chi connectivity index (χ0n) is 12.3. The molecule has 7 nitrogen and oxygen atoms in total. The van der Waals surface area contributed by atoms with E-state index in [9.17, 15) is 4.79 Å². The van der Waals surface area contributed by atoms with Gasteiger partial charge in [-0.1, -0.05) is 11.6 Å². The fourth-order valence-corrected chi connectivity index (χ4v) is 2.65. The van der Waals surface area contributed by atoms with Gasteiger partial charge in [0.2, 0.25) is 0 Å². The highest BCUT2D eigenvalue weighted by Gasteiger charge is 2.16. The number of halogens is 1. The lowest BCUT2D eigenvalue weighted by atomic mass is 10.0. The van der Waals surface area contributed by atoms with Crippen LogP contribution in [0.25, 0.3) is 5.82 Å². The second-order valence-corrected chi connectivity index (χ2v) is 5.78. The maximum Gasteiger partial charge on any atom is 0.293 e. The quantitative estimate of drug-likeness (QED) is 0.922. The number of aromatic nitrogens is 4. The summed E-state index contributed by atoms with van der Waals surface area (Å²) in [5, 5.41) is 11.6. The Kier molecular flexibility index (Phi) is 4.44. The van der Waals surface area contributed by atoms with Crippen molar-refractivity contribution in [1.82, 2.24) is 19.6 Å². The maximum atomic E-state index is 12.3. The van der Waals surface area contributed by atoms with Crippen LogP contribution in [0.15, 0.2) is 23.3 Å². The summed E-state index contributed by atoms with van der Waals surface area (Å²) >= 11 is 6.17. The van der Waals surface area contributed by atoms with Gasteiger partial charge in [0.25, 0.3) is 5.56 Å². The lowest BCUT2D eigenvalue weighted by molar-refractivity contribution is 0.0595. The monoisotopic (exact) mass is 323 g/mol. The fraction of sp³-hybridized carbons (Fsp3) is 0.500. The van der Waals surface area contributed by atoms with Crippen LogP contribution < -0.4 is 10.9 Å². The summed E-state index contributed by atoms with van der Waals surface area (Å²) < 4.78 is 8.23. The van der Waals surface area contributed by atoms with Crippen LogP contribution in [0.3, 0.4) is 0 Å². The van der Waals surface area contributed by atoms with Crippen LogP contribution in [-0.2, 0) is 11.8 Å². The number of hydrogen-bond acceptors (Lipinski definition) is 5. The highest BCUT2D eigenvalue weighted by molar-refractivity contribution is 6.32. The Labute approximate surface area is 132 Å². The third-order valence-electron chi connectivity index (χ3n) is 3.67. The lowest BCUT2D eigenvalue weighted by Crippen LogP contribution is -2.27. The van der Waals surface area contributed by atoms with Crippen molar-refractivity contribution in [2.75, 3.05) is 25.1 Å². The Balaban J connectivity index is 1.76. The number of aryl methyl sites for hydroxylation is 1. The van der Waals surface area contributed by atoms with Crippen LogP contribution in [0, 0.1) is 5.92 Å². The molecule has 1 fully saturated rings. The molecule has 1 aliphatic rings. The van der Waals surface area contributed by atoms with E-state index in [-0.39, 0.29) is 10.6 Å². The van der Waals surface area contributed by atoms with Crippen molar-refractivity contribution < 1.29 is 4.74 Å². The predicted molar refractivity (Wildman–Crippen MR) is 83.6 cm³/mol. The summed E-state index contributed by atoms with van der Waals surface area (Å²) in [7, 11) is 1.78. The zero-order chi connectivity index (χ0) is 15.5. The molecular formula is C14H18ClN5O2. The van der Waals surface area contributed by atoms with Crippen molar-refractivity contribution in [2.45, 2.75) is 12.8 Å². The van der Waals surface area contributed by atoms with Crippen molar-refractivity contribution in [3.63, 3.8) is 0 Å². The molecule has 0 aromatic carbocycles. The fourth-order valence-electron chi connectivity index (χ4n) is 2.46. The summed E-state index contributed by atoms with van der Waals surface area (Å²) in [6.45, 7) is 2.29. The first-order valence-corrected chi connectivity index (χ1v) is 7.62. The largest absolute Gasteiger partial charge is 0.382 e. The van der Waals surface area contributed by atoms with Gasteiger partial charge in [-0.3, -0.25) is 9.48 Å². The van der Waals surface area contributed by atoms with Gasteiger partial charge in [-0.15, -0.1) is 0 Å². The van der Waals surface area contributed by atoms with E-state index in [4.69, 9.17) is 16.3 Å². The van der Waals surface area contributed by atoms with Crippen LogP contribution in [0.5, 0.6) is 0 Å². The minimum Gasteiger partial charge on any atom is -0.382 e. The van der Waals surface area contributed by atoms with E-state index in [1.165, 1.54) is 4.68 Å². The smallest absolute Gasteiger partial charge is 0.293 e. The Morgan fingerprint density at radius 3 is 3.09 bits per heavy atom. The average molecular weight is 324 g/mol. The minimum absolute atomic E-state index is 0.123. The van der Waals surface area contributed by atoms with Crippen molar-refractivity contribution in [3.05, 3.63) is 33.8 Å². The van der Waals surface area contributed by atoms with Gasteiger partial charge in [0.1, 0.15) is 5.02 Å². The first-order chi connectivity index (χ1) is 10.6. The maximum absolute atomic E-state index is 12.3. The number of anilines is 1. The predicted octanol–water partition coefficient (Wildman–Crippen LogP) is 1.46. The number of hydrogen-bond donors (Lipinski definition) is 1. The normalized spacial score (nSPS) is 18.4. The van der Waals surface area contributed by atoms with E-state index < -0.39 is 0 Å². The molecule has 3 rings (SSSR count). The van der Waals surface area contributed by atoms with Crippen molar-refractivity contribution >= 4 is 17.3 Å².